The van der Waals surface area contributed by atoms with E-state index < -0.39 is 0 Å². The predicted octanol–water partition coefficient (Wildman–Crippen LogP) is 3.72. The molecule has 0 N–H and O–H groups in total. The molecule has 1 aliphatic rings. The summed E-state index contributed by atoms with van der Waals surface area (Å²) in [6.45, 7) is 5.45. The van der Waals surface area contributed by atoms with Crippen LogP contribution in [0.1, 0.15) is 29.4 Å². The van der Waals surface area contributed by atoms with Gasteiger partial charge in [0.2, 0.25) is 5.91 Å². The number of amides is 1. The molecule has 1 atom stereocenters. The largest absolute Gasteiger partial charge is 0.342 e. The zero-order valence-electron chi connectivity index (χ0n) is 10.5. The summed E-state index contributed by atoms with van der Waals surface area (Å²) in [5.41, 5.74) is 0. The van der Waals surface area contributed by atoms with E-state index in [1.807, 2.05) is 34.1 Å². The number of carbonyl (C=O) groups is 1. The van der Waals surface area contributed by atoms with E-state index in [-0.39, 0.29) is 5.91 Å². The van der Waals surface area contributed by atoms with Gasteiger partial charge in [0, 0.05) is 35.4 Å². The Hall–Kier alpha value is -0.740. The summed E-state index contributed by atoms with van der Waals surface area (Å²) >= 11 is 3.81. The maximum atomic E-state index is 12.0. The second-order valence-corrected chi connectivity index (χ2v) is 6.66. The van der Waals surface area contributed by atoms with Gasteiger partial charge in [-0.15, -0.1) is 17.9 Å². The van der Waals surface area contributed by atoms with Crippen LogP contribution < -0.4 is 0 Å². The van der Waals surface area contributed by atoms with Gasteiger partial charge in [-0.25, -0.2) is 0 Å². The lowest BCUT2D eigenvalue weighted by molar-refractivity contribution is -0.130. The van der Waals surface area contributed by atoms with Crippen molar-refractivity contribution in [2.45, 2.75) is 24.5 Å². The summed E-state index contributed by atoms with van der Waals surface area (Å²) in [4.78, 5) is 15.4. The third-order valence-electron chi connectivity index (χ3n) is 3.12. The summed E-state index contributed by atoms with van der Waals surface area (Å²) in [5.74, 6) is 1.32. The fraction of sp³-hybridized carbons (Fsp3) is 0.500. The molecule has 1 saturated heterocycles. The maximum absolute atomic E-state index is 12.0. The van der Waals surface area contributed by atoms with Crippen molar-refractivity contribution in [3.63, 3.8) is 0 Å². The van der Waals surface area contributed by atoms with Crippen LogP contribution in [-0.2, 0) is 4.79 Å². The van der Waals surface area contributed by atoms with Gasteiger partial charge in [0.25, 0.3) is 0 Å². The van der Waals surface area contributed by atoms with Crippen LogP contribution in [0.25, 0.3) is 0 Å². The molecule has 1 amide bonds. The third kappa shape index (κ3) is 3.62. The van der Waals surface area contributed by atoms with Crippen LogP contribution in [0.5, 0.6) is 0 Å². The van der Waals surface area contributed by atoms with E-state index in [1.54, 1.807) is 0 Å². The van der Waals surface area contributed by atoms with E-state index in [4.69, 9.17) is 0 Å². The van der Waals surface area contributed by atoms with Gasteiger partial charge in [0.1, 0.15) is 0 Å². The lowest BCUT2D eigenvalue weighted by atomic mass is 10.2. The number of allylic oxidation sites excluding steroid dienone is 1. The van der Waals surface area contributed by atoms with Crippen LogP contribution in [0.2, 0.25) is 0 Å². The second kappa shape index (κ2) is 7.00. The van der Waals surface area contributed by atoms with Crippen molar-refractivity contribution in [2.75, 3.05) is 18.8 Å². The number of nitrogens with zero attached hydrogens (tertiary/aromatic N) is 1. The van der Waals surface area contributed by atoms with Gasteiger partial charge in [0.05, 0.1) is 0 Å². The average molecular weight is 281 g/mol. The molecule has 2 rings (SSSR count). The van der Waals surface area contributed by atoms with Crippen molar-refractivity contribution in [1.29, 1.82) is 0 Å². The number of hydrogen-bond donors (Lipinski definition) is 0. The Balaban J connectivity index is 1.88. The summed E-state index contributed by atoms with van der Waals surface area (Å²) in [6, 6.07) is 4.32. The molecule has 1 aromatic rings. The summed E-state index contributed by atoms with van der Waals surface area (Å²) < 4.78 is 0. The Kier molecular flexibility index (Phi) is 5.32. The summed E-state index contributed by atoms with van der Waals surface area (Å²) in [5, 5.41) is 2.70. The van der Waals surface area contributed by atoms with E-state index in [0.717, 1.165) is 31.7 Å². The molecule has 0 aliphatic carbocycles. The first-order chi connectivity index (χ1) is 8.81. The topological polar surface area (TPSA) is 20.3 Å². The molecule has 0 unspecified atom stereocenters. The van der Waals surface area contributed by atoms with Crippen LogP contribution in [0.4, 0.5) is 0 Å². The third-order valence-corrected chi connectivity index (χ3v) is 5.56. The number of thioether (sulfide) groups is 1. The van der Waals surface area contributed by atoms with Crippen LogP contribution in [0, 0.1) is 0 Å². The molecule has 0 aromatic carbocycles. The molecule has 1 fully saturated rings. The van der Waals surface area contributed by atoms with Gasteiger partial charge >= 0.3 is 0 Å². The smallest absolute Gasteiger partial charge is 0.222 e. The molecule has 0 saturated carbocycles. The molecule has 2 heterocycles. The minimum absolute atomic E-state index is 0.280. The SMILES string of the molecule is C=CCCC(=O)N1CCS[C@@H](c2cccs2)CC1. The van der Waals surface area contributed by atoms with E-state index in [2.05, 4.69) is 24.1 Å². The fourth-order valence-electron chi connectivity index (χ4n) is 2.11. The highest BCUT2D eigenvalue weighted by Gasteiger charge is 2.21. The Morgan fingerprint density at radius 1 is 1.56 bits per heavy atom. The molecule has 1 aromatic heterocycles. The predicted molar refractivity (Wildman–Crippen MR) is 80.1 cm³/mol. The van der Waals surface area contributed by atoms with Gasteiger partial charge in [-0.2, -0.15) is 11.8 Å². The summed E-state index contributed by atoms with van der Waals surface area (Å²) in [7, 11) is 0. The van der Waals surface area contributed by atoms with Gasteiger partial charge in [-0.1, -0.05) is 12.1 Å². The number of rotatable bonds is 4. The Morgan fingerprint density at radius 3 is 3.17 bits per heavy atom. The average Bonchev–Trinajstić information content (AvgIpc) is 2.80. The molecule has 4 heteroatoms. The van der Waals surface area contributed by atoms with Crippen LogP contribution in [0.3, 0.4) is 0 Å². The van der Waals surface area contributed by atoms with Gasteiger partial charge in [-0.05, 0) is 24.3 Å². The highest BCUT2D eigenvalue weighted by atomic mass is 32.2. The van der Waals surface area contributed by atoms with Crippen molar-refractivity contribution in [1.82, 2.24) is 4.90 Å². The molecule has 18 heavy (non-hydrogen) atoms. The first kappa shape index (κ1) is 13.7. The van der Waals surface area contributed by atoms with Gasteiger partial charge < -0.3 is 4.90 Å². The summed E-state index contributed by atoms with van der Waals surface area (Å²) in [6.07, 6.45) is 4.29. The molecule has 2 nitrogen and oxygen atoms in total. The Bertz CT molecular complexity index is 389. The van der Waals surface area contributed by atoms with Crippen LogP contribution in [0.15, 0.2) is 30.2 Å². The quantitative estimate of drug-likeness (QED) is 0.784. The molecule has 0 spiro atoms. The molecule has 0 bridgehead atoms. The fourth-order valence-corrected chi connectivity index (χ4v) is 4.34. The molecular formula is C14H19NOS2. The van der Waals surface area contributed by atoms with Crippen molar-refractivity contribution in [2.24, 2.45) is 0 Å². The minimum Gasteiger partial charge on any atom is -0.342 e. The highest BCUT2D eigenvalue weighted by molar-refractivity contribution is 7.99. The molecule has 0 radical (unpaired) electrons. The molecule has 1 aliphatic heterocycles. The number of carbonyl (C=O) groups excluding carboxylic acids is 1. The highest BCUT2D eigenvalue weighted by Crippen LogP contribution is 2.36. The zero-order chi connectivity index (χ0) is 12.8. The van der Waals surface area contributed by atoms with E-state index in [1.165, 1.54) is 4.88 Å². The normalized spacial score (nSPS) is 20.4. The van der Waals surface area contributed by atoms with E-state index in [0.29, 0.717) is 11.7 Å². The van der Waals surface area contributed by atoms with Gasteiger partial charge in [0.15, 0.2) is 0 Å². The van der Waals surface area contributed by atoms with Crippen molar-refractivity contribution >= 4 is 29.0 Å². The first-order valence-corrected chi connectivity index (χ1v) is 8.28. The van der Waals surface area contributed by atoms with Crippen LogP contribution >= 0.6 is 23.1 Å². The van der Waals surface area contributed by atoms with Crippen molar-refractivity contribution < 1.29 is 4.79 Å². The lowest BCUT2D eigenvalue weighted by Gasteiger charge is -2.19. The van der Waals surface area contributed by atoms with E-state index in [9.17, 15) is 4.79 Å². The Labute approximate surface area is 117 Å². The maximum Gasteiger partial charge on any atom is 0.222 e. The van der Waals surface area contributed by atoms with E-state index >= 15 is 0 Å². The van der Waals surface area contributed by atoms with Gasteiger partial charge in [-0.3, -0.25) is 4.79 Å². The van der Waals surface area contributed by atoms with Crippen LogP contribution in [-0.4, -0.2) is 29.6 Å². The van der Waals surface area contributed by atoms with Crippen molar-refractivity contribution in [3.8, 4) is 0 Å². The first-order valence-electron chi connectivity index (χ1n) is 6.35. The number of hydrogen-bond acceptors (Lipinski definition) is 3. The molecule has 98 valence electrons. The number of thiophene rings is 1. The minimum atomic E-state index is 0.280. The monoisotopic (exact) mass is 281 g/mol. The standard InChI is InChI=1S/C14H19NOS2/c1-2-3-6-14(16)15-8-7-13(18-11-9-15)12-5-4-10-17-12/h2,4-5,10,13H,1,3,6-9,11H2/t13-/m1/s1. The van der Waals surface area contributed by atoms with Crippen molar-refractivity contribution in [3.05, 3.63) is 35.0 Å². The zero-order valence-corrected chi connectivity index (χ0v) is 12.1. The molecular weight excluding hydrogens is 262 g/mol. The Morgan fingerprint density at radius 2 is 2.44 bits per heavy atom. The second-order valence-electron chi connectivity index (χ2n) is 4.37. The lowest BCUT2D eigenvalue weighted by Crippen LogP contribution is -2.32.